The van der Waals surface area contributed by atoms with E-state index in [0.717, 1.165) is 12.8 Å². The summed E-state index contributed by atoms with van der Waals surface area (Å²) < 4.78 is 0. The maximum Gasteiger partial charge on any atom is 0.253 e. The monoisotopic (exact) mass is 352 g/mol. The summed E-state index contributed by atoms with van der Waals surface area (Å²) in [6, 6.07) is 7.57. The fourth-order valence-corrected chi connectivity index (χ4v) is 4.26. The molecule has 1 aliphatic carbocycles. The number of imide groups is 1. The average molecular weight is 352 g/mol. The van der Waals surface area contributed by atoms with E-state index in [2.05, 4.69) is 6.92 Å². The van der Waals surface area contributed by atoms with Crippen LogP contribution in [0.2, 0.25) is 0 Å². The third kappa shape index (κ3) is 2.75. The first-order valence-corrected chi connectivity index (χ1v) is 9.50. The first-order chi connectivity index (χ1) is 12.6. The number of rotatable bonds is 4. The van der Waals surface area contributed by atoms with Crippen molar-refractivity contribution in [2.24, 2.45) is 11.8 Å². The van der Waals surface area contributed by atoms with Crippen molar-refractivity contribution < 1.29 is 14.4 Å². The Labute approximate surface area is 153 Å². The normalized spacial score (nSPS) is 25.4. The molecule has 26 heavy (non-hydrogen) atoms. The quantitative estimate of drug-likeness (QED) is 0.618. The van der Waals surface area contributed by atoms with Crippen molar-refractivity contribution in [3.8, 4) is 0 Å². The Morgan fingerprint density at radius 3 is 2.12 bits per heavy atom. The Hall–Kier alpha value is -2.43. The largest absolute Gasteiger partial charge is 0.334 e. The Morgan fingerprint density at radius 1 is 1.00 bits per heavy atom. The van der Waals surface area contributed by atoms with Gasteiger partial charge in [0.2, 0.25) is 11.8 Å². The van der Waals surface area contributed by atoms with Crippen molar-refractivity contribution in [3.05, 3.63) is 47.5 Å². The van der Waals surface area contributed by atoms with Gasteiger partial charge in [-0.3, -0.25) is 19.3 Å². The van der Waals surface area contributed by atoms with Crippen LogP contribution < -0.4 is 0 Å². The summed E-state index contributed by atoms with van der Waals surface area (Å²) in [7, 11) is 0. The highest BCUT2D eigenvalue weighted by Gasteiger charge is 2.52. The lowest BCUT2D eigenvalue weighted by molar-refractivity contribution is -0.145. The molecule has 0 N–H and O–H groups in total. The smallest absolute Gasteiger partial charge is 0.253 e. The van der Waals surface area contributed by atoms with Gasteiger partial charge in [-0.2, -0.15) is 0 Å². The molecule has 0 spiro atoms. The lowest BCUT2D eigenvalue weighted by Gasteiger charge is -2.43. The molecule has 0 aromatic heterocycles. The Morgan fingerprint density at radius 2 is 1.58 bits per heavy atom. The van der Waals surface area contributed by atoms with Crippen LogP contribution in [0.25, 0.3) is 0 Å². The van der Waals surface area contributed by atoms with Crippen molar-refractivity contribution in [1.82, 2.24) is 9.80 Å². The second kappa shape index (κ2) is 6.71. The van der Waals surface area contributed by atoms with Gasteiger partial charge in [0.05, 0.1) is 17.9 Å². The van der Waals surface area contributed by atoms with Crippen LogP contribution in [0.3, 0.4) is 0 Å². The topological polar surface area (TPSA) is 57.7 Å². The number of fused-ring (bicyclic) bond motifs is 1. The van der Waals surface area contributed by atoms with Crippen LogP contribution >= 0.6 is 0 Å². The lowest BCUT2D eigenvalue weighted by atomic mass is 9.85. The van der Waals surface area contributed by atoms with Crippen molar-refractivity contribution in [3.63, 3.8) is 0 Å². The molecule has 2 aliphatic heterocycles. The molecule has 3 amide bonds. The maximum absolute atomic E-state index is 12.6. The van der Waals surface area contributed by atoms with Gasteiger partial charge in [-0.05, 0) is 37.0 Å². The minimum atomic E-state index is -0.191. The maximum atomic E-state index is 12.6. The summed E-state index contributed by atoms with van der Waals surface area (Å²) in [5, 5.41) is 0. The summed E-state index contributed by atoms with van der Waals surface area (Å²) in [5.41, 5.74) is 1.90. The molecule has 5 nitrogen and oxygen atoms in total. The van der Waals surface area contributed by atoms with Crippen LogP contribution in [0.5, 0.6) is 0 Å². The molecule has 136 valence electrons. The Kier molecular flexibility index (Phi) is 4.39. The van der Waals surface area contributed by atoms with Crippen molar-refractivity contribution in [2.75, 3.05) is 13.1 Å². The minimum Gasteiger partial charge on any atom is -0.334 e. The highest BCUT2D eigenvalue weighted by atomic mass is 16.2. The predicted molar refractivity (Wildman–Crippen MR) is 97.3 cm³/mol. The summed E-state index contributed by atoms with van der Waals surface area (Å²) in [4.78, 5) is 41.0. The third-order valence-corrected chi connectivity index (χ3v) is 5.80. The van der Waals surface area contributed by atoms with Crippen molar-refractivity contribution >= 4 is 17.7 Å². The molecule has 2 saturated heterocycles. The average Bonchev–Trinajstić information content (AvgIpc) is 2.87. The number of amides is 3. The molecule has 3 aliphatic rings. The Bertz CT molecular complexity index is 736. The van der Waals surface area contributed by atoms with E-state index in [9.17, 15) is 14.4 Å². The standard InChI is InChI=1S/C21H24N2O3/c1-2-5-14-8-10-15(11-9-14)19(24)22-12-16(13-22)23-20(25)17-6-3-4-7-18(17)21(23)26/h3-4,8-11,16-18H,2,5-7,12-13H2,1H3. The molecule has 1 aromatic carbocycles. The summed E-state index contributed by atoms with van der Waals surface area (Å²) in [6.07, 6.45) is 7.40. The first kappa shape index (κ1) is 17.0. The van der Waals surface area contributed by atoms with Gasteiger partial charge in [0.25, 0.3) is 5.91 Å². The zero-order chi connectivity index (χ0) is 18.3. The van der Waals surface area contributed by atoms with E-state index in [1.165, 1.54) is 10.5 Å². The lowest BCUT2D eigenvalue weighted by Crippen LogP contribution is -2.62. The second-order valence-corrected chi connectivity index (χ2v) is 7.51. The van der Waals surface area contributed by atoms with Gasteiger partial charge in [0.15, 0.2) is 0 Å². The molecule has 2 fully saturated rings. The highest BCUT2D eigenvalue weighted by Crippen LogP contribution is 2.37. The predicted octanol–water partition coefficient (Wildman–Crippen LogP) is 2.41. The Balaban J connectivity index is 1.38. The molecular weight excluding hydrogens is 328 g/mol. The molecule has 0 bridgehead atoms. The summed E-state index contributed by atoms with van der Waals surface area (Å²) in [5.74, 6) is -0.509. The molecule has 0 saturated carbocycles. The van der Waals surface area contributed by atoms with Crippen LogP contribution in [-0.2, 0) is 16.0 Å². The van der Waals surface area contributed by atoms with Gasteiger partial charge in [-0.1, -0.05) is 37.6 Å². The van der Waals surface area contributed by atoms with E-state index < -0.39 is 0 Å². The van der Waals surface area contributed by atoms with Gasteiger partial charge in [0.1, 0.15) is 0 Å². The van der Waals surface area contributed by atoms with Gasteiger partial charge in [0, 0.05) is 18.7 Å². The molecule has 2 heterocycles. The third-order valence-electron chi connectivity index (χ3n) is 5.80. The number of benzene rings is 1. The highest BCUT2D eigenvalue weighted by molar-refractivity contribution is 6.06. The summed E-state index contributed by atoms with van der Waals surface area (Å²) >= 11 is 0. The van der Waals surface area contributed by atoms with E-state index >= 15 is 0 Å². The molecule has 1 aromatic rings. The number of aryl methyl sites for hydroxylation is 1. The molecule has 0 radical (unpaired) electrons. The number of hydrogen-bond acceptors (Lipinski definition) is 3. The van der Waals surface area contributed by atoms with Gasteiger partial charge >= 0.3 is 0 Å². The van der Waals surface area contributed by atoms with E-state index in [-0.39, 0.29) is 35.6 Å². The van der Waals surface area contributed by atoms with Gasteiger partial charge < -0.3 is 4.90 Å². The number of carbonyl (C=O) groups is 3. The molecule has 5 heteroatoms. The number of hydrogen-bond donors (Lipinski definition) is 0. The van der Waals surface area contributed by atoms with Crippen LogP contribution in [0.1, 0.15) is 42.1 Å². The number of nitrogens with zero attached hydrogens (tertiary/aromatic N) is 2. The van der Waals surface area contributed by atoms with Crippen LogP contribution in [0, 0.1) is 11.8 Å². The molecular formula is C21H24N2O3. The van der Waals surface area contributed by atoms with Gasteiger partial charge in [-0.25, -0.2) is 0 Å². The first-order valence-electron chi connectivity index (χ1n) is 9.50. The van der Waals surface area contributed by atoms with E-state index in [4.69, 9.17) is 0 Å². The number of likely N-dealkylation sites (tertiary alicyclic amines) is 2. The second-order valence-electron chi connectivity index (χ2n) is 7.51. The summed E-state index contributed by atoms with van der Waals surface area (Å²) in [6.45, 7) is 3.02. The fraction of sp³-hybridized carbons (Fsp3) is 0.476. The number of allylic oxidation sites excluding steroid dienone is 2. The zero-order valence-electron chi connectivity index (χ0n) is 15.1. The minimum absolute atomic E-state index is 0.0255. The van der Waals surface area contributed by atoms with Gasteiger partial charge in [-0.15, -0.1) is 0 Å². The molecule has 2 unspecified atom stereocenters. The zero-order valence-corrected chi connectivity index (χ0v) is 15.1. The van der Waals surface area contributed by atoms with E-state index in [0.29, 0.717) is 31.5 Å². The molecule has 2 atom stereocenters. The van der Waals surface area contributed by atoms with E-state index in [1.807, 2.05) is 36.4 Å². The van der Waals surface area contributed by atoms with Crippen LogP contribution in [-0.4, -0.2) is 46.7 Å². The fourth-order valence-electron chi connectivity index (χ4n) is 4.26. The van der Waals surface area contributed by atoms with Crippen LogP contribution in [0.15, 0.2) is 36.4 Å². The molecule has 4 rings (SSSR count). The SMILES string of the molecule is CCCc1ccc(C(=O)N2CC(N3C(=O)C4CC=CCC4C3=O)C2)cc1. The van der Waals surface area contributed by atoms with Crippen LogP contribution in [0.4, 0.5) is 0 Å². The number of carbonyl (C=O) groups excluding carboxylic acids is 3. The van der Waals surface area contributed by atoms with Crippen molar-refractivity contribution in [2.45, 2.75) is 38.6 Å². The van der Waals surface area contributed by atoms with Crippen molar-refractivity contribution in [1.29, 1.82) is 0 Å². The van der Waals surface area contributed by atoms with E-state index in [1.54, 1.807) is 4.90 Å².